The van der Waals surface area contributed by atoms with Gasteiger partial charge in [0.2, 0.25) is 5.91 Å². The second-order valence-corrected chi connectivity index (χ2v) is 7.14. The Kier molecular flexibility index (Phi) is 5.70. The van der Waals surface area contributed by atoms with E-state index in [4.69, 9.17) is 4.98 Å². The second-order valence-electron chi connectivity index (χ2n) is 7.14. The lowest BCUT2D eigenvalue weighted by Crippen LogP contribution is -2.38. The first-order valence-electron chi connectivity index (χ1n) is 9.80. The molecule has 1 amide bonds. The van der Waals surface area contributed by atoms with Crippen LogP contribution in [0.5, 0.6) is 0 Å². The third-order valence-corrected chi connectivity index (χ3v) is 5.25. The summed E-state index contributed by atoms with van der Waals surface area (Å²) in [7, 11) is 0. The smallest absolute Gasteiger partial charge is 0.222 e. The lowest BCUT2D eigenvalue weighted by Gasteiger charge is -2.31. The number of amides is 1. The van der Waals surface area contributed by atoms with Crippen LogP contribution in [0.1, 0.15) is 43.1 Å². The largest absolute Gasteiger partial charge is 0.343 e. The number of benzene rings is 1. The van der Waals surface area contributed by atoms with E-state index in [-0.39, 0.29) is 5.91 Å². The molecule has 144 valence electrons. The van der Waals surface area contributed by atoms with Crippen molar-refractivity contribution < 1.29 is 4.79 Å². The van der Waals surface area contributed by atoms with Crippen LogP contribution in [0.3, 0.4) is 0 Å². The van der Waals surface area contributed by atoms with Gasteiger partial charge in [0.25, 0.3) is 0 Å². The summed E-state index contributed by atoms with van der Waals surface area (Å²) in [5, 5.41) is 10.4. The number of nitrogens with one attached hydrogen (secondary N) is 1. The topological polar surface area (TPSA) is 87.7 Å². The molecule has 0 radical (unpaired) electrons. The van der Waals surface area contributed by atoms with E-state index in [0.29, 0.717) is 12.3 Å². The highest BCUT2D eigenvalue weighted by Crippen LogP contribution is 2.27. The molecule has 3 aromatic rings. The van der Waals surface area contributed by atoms with E-state index in [1.54, 1.807) is 6.20 Å². The van der Waals surface area contributed by atoms with E-state index < -0.39 is 0 Å². The van der Waals surface area contributed by atoms with Crippen LogP contribution >= 0.6 is 0 Å². The Hall–Kier alpha value is -3.09. The van der Waals surface area contributed by atoms with Crippen molar-refractivity contribution in [3.8, 4) is 11.3 Å². The van der Waals surface area contributed by atoms with Crippen LogP contribution in [0.15, 0.2) is 48.8 Å². The number of nitrogens with zero attached hydrogens (tertiary/aromatic N) is 5. The number of carbonyl (C=O) groups excluding carboxylic acids is 1. The summed E-state index contributed by atoms with van der Waals surface area (Å²) in [4.78, 5) is 23.7. The highest BCUT2D eigenvalue weighted by atomic mass is 16.2. The molecule has 2 aromatic heterocycles. The highest BCUT2D eigenvalue weighted by molar-refractivity contribution is 5.76. The monoisotopic (exact) mass is 376 g/mol. The predicted octanol–water partition coefficient (Wildman–Crippen LogP) is 2.99. The summed E-state index contributed by atoms with van der Waals surface area (Å²) in [6.07, 6.45) is 7.50. The second kappa shape index (κ2) is 8.73. The Bertz CT molecular complexity index is 888. The van der Waals surface area contributed by atoms with Gasteiger partial charge in [0.15, 0.2) is 0 Å². The van der Waals surface area contributed by atoms with Crippen molar-refractivity contribution >= 4 is 5.91 Å². The van der Waals surface area contributed by atoms with Crippen LogP contribution in [-0.2, 0) is 11.2 Å². The van der Waals surface area contributed by atoms with E-state index in [1.807, 2.05) is 35.4 Å². The predicted molar refractivity (Wildman–Crippen MR) is 105 cm³/mol. The number of hydrogen-bond acceptors (Lipinski definition) is 5. The molecule has 1 N–H and O–H groups in total. The third-order valence-electron chi connectivity index (χ3n) is 5.25. The van der Waals surface area contributed by atoms with Gasteiger partial charge in [0.05, 0.1) is 17.6 Å². The molecule has 1 aromatic carbocycles. The molecule has 0 atom stereocenters. The molecule has 0 saturated carbocycles. The SMILES string of the molecule is O=C(CCCc1cn[nH]n1)N1CCC(c2nccc(-c3ccccc3)n2)CC1. The van der Waals surface area contributed by atoms with Crippen molar-refractivity contribution in [2.45, 2.75) is 38.0 Å². The molecular weight excluding hydrogens is 352 g/mol. The van der Waals surface area contributed by atoms with Gasteiger partial charge in [-0.3, -0.25) is 4.79 Å². The van der Waals surface area contributed by atoms with Crippen molar-refractivity contribution in [1.82, 2.24) is 30.3 Å². The van der Waals surface area contributed by atoms with E-state index in [1.165, 1.54) is 0 Å². The van der Waals surface area contributed by atoms with Crippen LogP contribution < -0.4 is 0 Å². The van der Waals surface area contributed by atoms with Crippen molar-refractivity contribution in [2.24, 2.45) is 0 Å². The minimum absolute atomic E-state index is 0.223. The summed E-state index contributed by atoms with van der Waals surface area (Å²) in [6, 6.07) is 12.1. The molecule has 7 heteroatoms. The number of rotatable bonds is 6. The number of H-pyrrole nitrogens is 1. The van der Waals surface area contributed by atoms with Gasteiger partial charge >= 0.3 is 0 Å². The summed E-state index contributed by atoms with van der Waals surface area (Å²) in [6.45, 7) is 1.54. The van der Waals surface area contributed by atoms with Gasteiger partial charge in [-0.25, -0.2) is 9.97 Å². The molecule has 1 aliphatic rings. The molecule has 4 rings (SSSR count). The van der Waals surface area contributed by atoms with Gasteiger partial charge in [-0.1, -0.05) is 30.3 Å². The minimum Gasteiger partial charge on any atom is -0.343 e. The first kappa shape index (κ1) is 18.3. The zero-order valence-corrected chi connectivity index (χ0v) is 15.8. The molecule has 7 nitrogen and oxygen atoms in total. The fraction of sp³-hybridized carbons (Fsp3) is 0.381. The number of piperidine rings is 1. The Morgan fingerprint density at radius 2 is 1.96 bits per heavy atom. The Balaban J connectivity index is 1.30. The number of hydrogen-bond donors (Lipinski definition) is 1. The Morgan fingerprint density at radius 1 is 1.14 bits per heavy atom. The Morgan fingerprint density at radius 3 is 2.71 bits per heavy atom. The van der Waals surface area contributed by atoms with Crippen LogP contribution in [0, 0.1) is 0 Å². The molecule has 0 aliphatic carbocycles. The summed E-state index contributed by atoms with van der Waals surface area (Å²) < 4.78 is 0. The maximum atomic E-state index is 12.5. The molecule has 1 aliphatic heterocycles. The molecule has 0 spiro atoms. The van der Waals surface area contributed by atoms with Gasteiger partial charge in [0.1, 0.15) is 5.82 Å². The van der Waals surface area contributed by atoms with Crippen molar-refractivity contribution in [2.75, 3.05) is 13.1 Å². The quantitative estimate of drug-likeness (QED) is 0.714. The number of aryl methyl sites for hydroxylation is 1. The normalized spacial score (nSPS) is 14.9. The van der Waals surface area contributed by atoms with Crippen molar-refractivity contribution in [3.05, 3.63) is 60.3 Å². The third kappa shape index (κ3) is 4.42. The molecule has 0 unspecified atom stereocenters. The zero-order valence-electron chi connectivity index (χ0n) is 15.8. The van der Waals surface area contributed by atoms with Gasteiger partial charge in [-0.05, 0) is 31.7 Å². The molecule has 1 fully saturated rings. The first-order chi connectivity index (χ1) is 13.8. The number of carbonyl (C=O) groups is 1. The molecule has 0 bridgehead atoms. The van der Waals surface area contributed by atoms with E-state index >= 15 is 0 Å². The maximum absolute atomic E-state index is 12.5. The lowest BCUT2D eigenvalue weighted by atomic mass is 9.95. The van der Waals surface area contributed by atoms with Crippen LogP contribution in [-0.4, -0.2) is 49.3 Å². The molecule has 28 heavy (non-hydrogen) atoms. The fourth-order valence-corrected chi connectivity index (χ4v) is 3.65. The standard InChI is InChI=1S/C21H24N6O/c28-20(8-4-7-18-15-23-26-25-18)27-13-10-17(11-14-27)21-22-12-9-19(24-21)16-5-2-1-3-6-16/h1-3,5-6,9,12,15,17H,4,7-8,10-11,13-14H2,(H,23,25,26). The number of likely N-dealkylation sites (tertiary alicyclic amines) is 1. The number of aromatic nitrogens is 5. The van der Waals surface area contributed by atoms with Gasteiger partial charge < -0.3 is 4.90 Å². The summed E-state index contributed by atoms with van der Waals surface area (Å²) in [5.41, 5.74) is 2.96. The van der Waals surface area contributed by atoms with Crippen molar-refractivity contribution in [1.29, 1.82) is 0 Å². The van der Waals surface area contributed by atoms with Gasteiger partial charge in [-0.15, -0.1) is 0 Å². The molecule has 1 saturated heterocycles. The van der Waals surface area contributed by atoms with Crippen LogP contribution in [0.25, 0.3) is 11.3 Å². The van der Waals surface area contributed by atoms with Gasteiger partial charge in [-0.2, -0.15) is 15.4 Å². The fourth-order valence-electron chi connectivity index (χ4n) is 3.65. The Labute approximate surface area is 164 Å². The van der Waals surface area contributed by atoms with E-state index in [0.717, 1.165) is 61.5 Å². The lowest BCUT2D eigenvalue weighted by molar-refractivity contribution is -0.132. The van der Waals surface area contributed by atoms with Crippen LogP contribution in [0.4, 0.5) is 0 Å². The molecular formula is C21H24N6O. The summed E-state index contributed by atoms with van der Waals surface area (Å²) >= 11 is 0. The number of aromatic amines is 1. The zero-order chi connectivity index (χ0) is 19.2. The van der Waals surface area contributed by atoms with Crippen LogP contribution in [0.2, 0.25) is 0 Å². The minimum atomic E-state index is 0.223. The van der Waals surface area contributed by atoms with E-state index in [2.05, 4.69) is 32.5 Å². The van der Waals surface area contributed by atoms with Crippen molar-refractivity contribution in [3.63, 3.8) is 0 Å². The molecule has 3 heterocycles. The average Bonchev–Trinajstić information content (AvgIpc) is 3.28. The highest BCUT2D eigenvalue weighted by Gasteiger charge is 2.25. The maximum Gasteiger partial charge on any atom is 0.222 e. The van der Waals surface area contributed by atoms with E-state index in [9.17, 15) is 4.79 Å². The first-order valence-corrected chi connectivity index (χ1v) is 9.80. The van der Waals surface area contributed by atoms with Gasteiger partial charge in [0, 0.05) is 37.2 Å². The summed E-state index contributed by atoms with van der Waals surface area (Å²) in [5.74, 6) is 1.42. The average molecular weight is 376 g/mol.